The molecule has 1 aromatic heterocycles. The summed E-state index contributed by atoms with van der Waals surface area (Å²) in [5, 5.41) is 13.5. The third kappa shape index (κ3) is 4.17. The van der Waals surface area contributed by atoms with E-state index in [-0.39, 0.29) is 11.9 Å². The lowest BCUT2D eigenvalue weighted by Crippen LogP contribution is -2.38. The van der Waals surface area contributed by atoms with Crippen LogP contribution in [0.2, 0.25) is 5.02 Å². The zero-order valence-corrected chi connectivity index (χ0v) is 17.3. The average molecular weight is 421 g/mol. The third-order valence-corrected chi connectivity index (χ3v) is 5.65. The van der Waals surface area contributed by atoms with Crippen LogP contribution in [0, 0.1) is 18.3 Å². The minimum atomic E-state index is -0.119. The molecular formula is C23H21ClN4O2. The molecule has 1 atom stereocenters. The summed E-state index contributed by atoms with van der Waals surface area (Å²) in [4.78, 5) is 16.9. The van der Waals surface area contributed by atoms with Gasteiger partial charge in [0.05, 0.1) is 10.6 Å². The molecule has 0 bridgehead atoms. The zero-order valence-electron chi connectivity index (χ0n) is 16.6. The number of carbonyl (C=O) groups excluding carboxylic acids is 1. The summed E-state index contributed by atoms with van der Waals surface area (Å²) >= 11 is 6.31. The number of carbonyl (C=O) groups is 1. The molecule has 1 fully saturated rings. The Morgan fingerprint density at radius 1 is 1.30 bits per heavy atom. The van der Waals surface area contributed by atoms with E-state index < -0.39 is 0 Å². The Labute approximate surface area is 180 Å². The van der Waals surface area contributed by atoms with Crippen LogP contribution < -0.4 is 4.90 Å². The van der Waals surface area contributed by atoms with E-state index in [4.69, 9.17) is 16.1 Å². The second-order valence-electron chi connectivity index (χ2n) is 7.41. The molecule has 0 aliphatic carbocycles. The van der Waals surface area contributed by atoms with Crippen molar-refractivity contribution in [3.05, 3.63) is 82.2 Å². The number of benzene rings is 2. The first-order chi connectivity index (χ1) is 14.5. The van der Waals surface area contributed by atoms with Crippen molar-refractivity contribution < 1.29 is 9.32 Å². The standard InChI is InChI=1S/C23H21ClN4O2/c1-16-11-22(26-30-16)23(29)27-10-9-20(15-27)28(14-17-5-3-2-4-6-17)19-8-7-18(13-25)21(24)12-19/h2-8,11-12,20H,9-10,14-15H2,1H3/t20-/m0/s1. The molecule has 30 heavy (non-hydrogen) atoms. The predicted molar refractivity (Wildman–Crippen MR) is 114 cm³/mol. The van der Waals surface area contributed by atoms with Crippen LogP contribution in [0.4, 0.5) is 5.69 Å². The number of amides is 1. The second-order valence-corrected chi connectivity index (χ2v) is 7.81. The van der Waals surface area contributed by atoms with Crippen LogP contribution in [0.3, 0.4) is 0 Å². The van der Waals surface area contributed by atoms with Gasteiger partial charge in [-0.15, -0.1) is 0 Å². The number of rotatable bonds is 5. The first-order valence-electron chi connectivity index (χ1n) is 9.78. The molecule has 6 nitrogen and oxygen atoms in total. The molecule has 3 aromatic rings. The number of halogens is 1. The van der Waals surface area contributed by atoms with Crippen molar-refractivity contribution in [3.63, 3.8) is 0 Å². The van der Waals surface area contributed by atoms with Crippen LogP contribution in [0.1, 0.15) is 33.8 Å². The highest BCUT2D eigenvalue weighted by Crippen LogP contribution is 2.29. The molecule has 1 amide bonds. The molecule has 1 aliphatic heterocycles. The fourth-order valence-electron chi connectivity index (χ4n) is 3.79. The Morgan fingerprint density at radius 3 is 2.77 bits per heavy atom. The number of nitriles is 1. The topological polar surface area (TPSA) is 73.4 Å². The van der Waals surface area contributed by atoms with Gasteiger partial charge >= 0.3 is 0 Å². The van der Waals surface area contributed by atoms with Crippen molar-refractivity contribution in [3.8, 4) is 6.07 Å². The number of hydrogen-bond donors (Lipinski definition) is 0. The normalized spacial score (nSPS) is 15.8. The molecule has 152 valence electrons. The van der Waals surface area contributed by atoms with E-state index in [0.717, 1.165) is 17.7 Å². The molecule has 1 aliphatic rings. The highest BCUT2D eigenvalue weighted by Gasteiger charge is 2.32. The maximum Gasteiger partial charge on any atom is 0.276 e. The Balaban J connectivity index is 1.59. The van der Waals surface area contributed by atoms with E-state index in [1.807, 2.05) is 35.2 Å². The lowest BCUT2D eigenvalue weighted by Gasteiger charge is -2.31. The van der Waals surface area contributed by atoms with Gasteiger partial charge in [0.1, 0.15) is 11.8 Å². The maximum absolute atomic E-state index is 12.8. The van der Waals surface area contributed by atoms with Crippen molar-refractivity contribution in [2.24, 2.45) is 0 Å². The van der Waals surface area contributed by atoms with Crippen LogP contribution in [-0.2, 0) is 6.54 Å². The number of hydrogen-bond acceptors (Lipinski definition) is 5. The number of aryl methyl sites for hydroxylation is 1. The van der Waals surface area contributed by atoms with Gasteiger partial charge in [0.15, 0.2) is 5.69 Å². The third-order valence-electron chi connectivity index (χ3n) is 5.34. The van der Waals surface area contributed by atoms with E-state index in [0.29, 0.717) is 41.7 Å². The smallest absolute Gasteiger partial charge is 0.276 e. The summed E-state index contributed by atoms with van der Waals surface area (Å²) in [6, 6.07) is 19.5. The molecule has 0 N–H and O–H groups in total. The molecule has 1 saturated heterocycles. The predicted octanol–water partition coefficient (Wildman–Crippen LogP) is 4.43. The quantitative estimate of drug-likeness (QED) is 0.610. The van der Waals surface area contributed by atoms with Gasteiger partial charge in [-0.05, 0) is 37.1 Å². The van der Waals surface area contributed by atoms with Crippen LogP contribution in [-0.4, -0.2) is 35.1 Å². The van der Waals surface area contributed by atoms with E-state index in [1.165, 1.54) is 0 Å². The van der Waals surface area contributed by atoms with Crippen molar-refractivity contribution in [2.45, 2.75) is 25.9 Å². The van der Waals surface area contributed by atoms with Crippen molar-refractivity contribution >= 4 is 23.2 Å². The second kappa shape index (κ2) is 8.60. The van der Waals surface area contributed by atoms with E-state index in [9.17, 15) is 10.1 Å². The summed E-state index contributed by atoms with van der Waals surface area (Å²) in [6.07, 6.45) is 0.826. The van der Waals surface area contributed by atoms with Gasteiger partial charge in [0.25, 0.3) is 5.91 Å². The van der Waals surface area contributed by atoms with Gasteiger partial charge in [-0.3, -0.25) is 4.79 Å². The minimum Gasteiger partial charge on any atom is -0.362 e. The summed E-state index contributed by atoms with van der Waals surface area (Å²) in [6.45, 7) is 3.67. The molecule has 0 spiro atoms. The fraction of sp³-hybridized carbons (Fsp3) is 0.261. The largest absolute Gasteiger partial charge is 0.362 e. The highest BCUT2D eigenvalue weighted by atomic mass is 35.5. The van der Waals surface area contributed by atoms with Gasteiger partial charge in [0.2, 0.25) is 0 Å². The fourth-order valence-corrected chi connectivity index (χ4v) is 4.01. The summed E-state index contributed by atoms with van der Waals surface area (Å²) in [5.74, 6) is 0.499. The molecule has 4 rings (SSSR count). The number of nitrogens with zero attached hydrogens (tertiary/aromatic N) is 4. The Bertz CT molecular complexity index is 1090. The number of likely N-dealkylation sites (tertiary alicyclic amines) is 1. The van der Waals surface area contributed by atoms with E-state index in [2.05, 4.69) is 28.3 Å². The summed E-state index contributed by atoms with van der Waals surface area (Å²) in [7, 11) is 0. The molecule has 0 saturated carbocycles. The van der Waals surface area contributed by atoms with Gasteiger partial charge in [-0.25, -0.2) is 0 Å². The summed E-state index contributed by atoms with van der Waals surface area (Å²) in [5.41, 5.74) is 2.88. The van der Waals surface area contributed by atoms with Gasteiger partial charge in [-0.1, -0.05) is 47.1 Å². The average Bonchev–Trinajstić information content (AvgIpc) is 3.42. The van der Waals surface area contributed by atoms with Gasteiger partial charge < -0.3 is 14.3 Å². The number of anilines is 1. The van der Waals surface area contributed by atoms with Gasteiger partial charge in [0, 0.05) is 37.4 Å². The van der Waals surface area contributed by atoms with Crippen LogP contribution >= 0.6 is 11.6 Å². The molecule has 7 heteroatoms. The molecule has 0 unspecified atom stereocenters. The van der Waals surface area contributed by atoms with E-state index in [1.54, 1.807) is 19.1 Å². The minimum absolute atomic E-state index is 0.117. The van der Waals surface area contributed by atoms with Crippen molar-refractivity contribution in [2.75, 3.05) is 18.0 Å². The van der Waals surface area contributed by atoms with Crippen molar-refractivity contribution in [1.82, 2.24) is 10.1 Å². The maximum atomic E-state index is 12.8. The van der Waals surface area contributed by atoms with Crippen LogP contribution in [0.5, 0.6) is 0 Å². The zero-order chi connectivity index (χ0) is 21.1. The lowest BCUT2D eigenvalue weighted by atomic mass is 10.1. The van der Waals surface area contributed by atoms with Crippen molar-refractivity contribution in [1.29, 1.82) is 5.26 Å². The van der Waals surface area contributed by atoms with E-state index >= 15 is 0 Å². The Hall–Kier alpha value is -3.30. The Kier molecular flexibility index (Phi) is 5.73. The SMILES string of the molecule is Cc1cc(C(=O)N2CC[C@H](N(Cc3ccccc3)c3ccc(C#N)c(Cl)c3)C2)no1. The molecule has 2 aromatic carbocycles. The van der Waals surface area contributed by atoms with Gasteiger partial charge in [-0.2, -0.15) is 5.26 Å². The van der Waals surface area contributed by atoms with Crippen LogP contribution in [0.15, 0.2) is 59.1 Å². The molecule has 0 radical (unpaired) electrons. The highest BCUT2D eigenvalue weighted by molar-refractivity contribution is 6.32. The summed E-state index contributed by atoms with van der Waals surface area (Å²) < 4.78 is 5.05. The first-order valence-corrected chi connectivity index (χ1v) is 10.2. The lowest BCUT2D eigenvalue weighted by molar-refractivity contribution is 0.0780. The first kappa shape index (κ1) is 20.0. The monoisotopic (exact) mass is 420 g/mol. The van der Waals surface area contributed by atoms with Crippen LogP contribution in [0.25, 0.3) is 0 Å². The molecule has 2 heterocycles. The molecular weight excluding hydrogens is 400 g/mol. The Morgan fingerprint density at radius 2 is 2.10 bits per heavy atom. The number of aromatic nitrogens is 1.